The van der Waals surface area contributed by atoms with Gasteiger partial charge >= 0.3 is 0 Å². The molecule has 0 radical (unpaired) electrons. The molecular formula is C14H23N3O3. The molecule has 2 atom stereocenters. The lowest BCUT2D eigenvalue weighted by molar-refractivity contribution is -0.149. The number of amides is 2. The molecule has 1 N–H and O–H groups in total. The smallest absolute Gasteiger partial charge is 0.252 e. The lowest BCUT2D eigenvalue weighted by atomic mass is 10.1. The van der Waals surface area contributed by atoms with E-state index in [-0.39, 0.29) is 24.0 Å². The van der Waals surface area contributed by atoms with Crippen LogP contribution in [0.15, 0.2) is 0 Å². The maximum absolute atomic E-state index is 12.6. The summed E-state index contributed by atoms with van der Waals surface area (Å²) in [5, 5.41) is 3.24. The molecule has 3 heterocycles. The highest BCUT2D eigenvalue weighted by Crippen LogP contribution is 2.24. The summed E-state index contributed by atoms with van der Waals surface area (Å²) >= 11 is 0. The van der Waals surface area contributed by atoms with Crippen LogP contribution in [0.25, 0.3) is 0 Å². The predicted molar refractivity (Wildman–Crippen MR) is 73.2 cm³/mol. The number of hydrogen-bond acceptors (Lipinski definition) is 4. The lowest BCUT2D eigenvalue weighted by Crippen LogP contribution is -2.54. The average Bonchev–Trinajstić information content (AvgIpc) is 3.18. The molecule has 0 aromatic heterocycles. The topological polar surface area (TPSA) is 61.9 Å². The molecule has 0 spiro atoms. The van der Waals surface area contributed by atoms with Crippen molar-refractivity contribution in [2.24, 2.45) is 0 Å². The van der Waals surface area contributed by atoms with E-state index in [1.807, 2.05) is 4.90 Å². The van der Waals surface area contributed by atoms with E-state index in [1.54, 1.807) is 4.90 Å². The zero-order valence-corrected chi connectivity index (χ0v) is 11.8. The minimum atomic E-state index is -0.313. The van der Waals surface area contributed by atoms with Crippen molar-refractivity contribution >= 4 is 11.8 Å². The van der Waals surface area contributed by atoms with Gasteiger partial charge in [0.1, 0.15) is 12.1 Å². The van der Waals surface area contributed by atoms with Crippen molar-refractivity contribution in [3.63, 3.8) is 0 Å². The maximum atomic E-state index is 12.6. The van der Waals surface area contributed by atoms with Gasteiger partial charge in [-0.05, 0) is 25.7 Å². The molecule has 3 saturated heterocycles. The Balaban J connectivity index is 1.65. The number of hydrogen-bond donors (Lipinski definition) is 1. The van der Waals surface area contributed by atoms with Gasteiger partial charge in [0.05, 0.1) is 0 Å². The van der Waals surface area contributed by atoms with Gasteiger partial charge in [-0.2, -0.15) is 0 Å². The molecule has 2 unspecified atom stereocenters. The van der Waals surface area contributed by atoms with E-state index in [1.165, 1.54) is 0 Å². The summed E-state index contributed by atoms with van der Waals surface area (Å²) in [6.45, 7) is 4.55. The number of ether oxygens (including phenoxy) is 1. The van der Waals surface area contributed by atoms with Gasteiger partial charge in [-0.15, -0.1) is 0 Å². The van der Waals surface area contributed by atoms with Gasteiger partial charge in [-0.25, -0.2) is 0 Å². The van der Waals surface area contributed by atoms with E-state index >= 15 is 0 Å². The highest BCUT2D eigenvalue weighted by Gasteiger charge is 2.40. The molecular weight excluding hydrogens is 258 g/mol. The summed E-state index contributed by atoms with van der Waals surface area (Å²) in [5.74, 6) is 0.142. The van der Waals surface area contributed by atoms with Gasteiger partial charge in [0.25, 0.3) is 5.91 Å². The van der Waals surface area contributed by atoms with Crippen molar-refractivity contribution in [2.45, 2.75) is 37.8 Å². The summed E-state index contributed by atoms with van der Waals surface area (Å²) in [5.41, 5.74) is 0. The van der Waals surface area contributed by atoms with Crippen LogP contribution in [0.5, 0.6) is 0 Å². The monoisotopic (exact) mass is 281 g/mol. The first-order chi connectivity index (χ1) is 9.77. The van der Waals surface area contributed by atoms with Gasteiger partial charge in [-0.3, -0.25) is 9.59 Å². The molecule has 20 heavy (non-hydrogen) atoms. The molecule has 3 rings (SSSR count). The van der Waals surface area contributed by atoms with Crippen LogP contribution < -0.4 is 5.32 Å². The van der Waals surface area contributed by atoms with E-state index in [2.05, 4.69) is 5.32 Å². The number of carbonyl (C=O) groups excluding carboxylic acids is 2. The van der Waals surface area contributed by atoms with Crippen molar-refractivity contribution in [1.29, 1.82) is 0 Å². The van der Waals surface area contributed by atoms with Crippen molar-refractivity contribution in [1.82, 2.24) is 15.1 Å². The Kier molecular flexibility index (Phi) is 4.21. The molecule has 6 heteroatoms. The highest BCUT2D eigenvalue weighted by molar-refractivity contribution is 5.90. The summed E-state index contributed by atoms with van der Waals surface area (Å²) in [6.07, 6.45) is 3.14. The van der Waals surface area contributed by atoms with E-state index in [0.29, 0.717) is 13.2 Å². The molecule has 0 saturated carbocycles. The summed E-state index contributed by atoms with van der Waals surface area (Å²) in [7, 11) is 0. The molecule has 112 valence electrons. The third kappa shape index (κ3) is 2.67. The van der Waals surface area contributed by atoms with Crippen LogP contribution in [0.2, 0.25) is 0 Å². The van der Waals surface area contributed by atoms with Gasteiger partial charge in [0.2, 0.25) is 5.91 Å². The molecule has 0 bridgehead atoms. The second kappa shape index (κ2) is 6.10. The first-order valence-corrected chi connectivity index (χ1v) is 7.69. The molecule has 3 aliphatic rings. The van der Waals surface area contributed by atoms with Gasteiger partial charge in [0.15, 0.2) is 0 Å². The SMILES string of the molecule is O=C(C1CCCN1C(=O)C1CCCO1)N1CCNCC1. The molecule has 2 amide bonds. The first kappa shape index (κ1) is 13.8. The average molecular weight is 281 g/mol. The van der Waals surface area contributed by atoms with Crippen LogP contribution in [-0.2, 0) is 14.3 Å². The van der Waals surface area contributed by atoms with E-state index < -0.39 is 0 Å². The van der Waals surface area contributed by atoms with Crippen LogP contribution >= 0.6 is 0 Å². The Morgan fingerprint density at radius 2 is 1.80 bits per heavy atom. The number of likely N-dealkylation sites (tertiary alicyclic amines) is 1. The first-order valence-electron chi connectivity index (χ1n) is 7.69. The Labute approximate surface area is 119 Å². The van der Waals surface area contributed by atoms with Crippen LogP contribution in [0.4, 0.5) is 0 Å². The fourth-order valence-electron chi connectivity index (χ4n) is 3.34. The molecule has 0 aromatic rings. The van der Waals surface area contributed by atoms with Gasteiger partial charge in [-0.1, -0.05) is 0 Å². The third-order valence-corrected chi connectivity index (χ3v) is 4.45. The Morgan fingerprint density at radius 3 is 2.50 bits per heavy atom. The van der Waals surface area contributed by atoms with E-state index in [0.717, 1.165) is 51.9 Å². The second-order valence-corrected chi connectivity index (χ2v) is 5.77. The van der Waals surface area contributed by atoms with Gasteiger partial charge in [0, 0.05) is 39.3 Å². The van der Waals surface area contributed by atoms with E-state index in [4.69, 9.17) is 4.74 Å². The van der Waals surface area contributed by atoms with Crippen molar-refractivity contribution in [2.75, 3.05) is 39.3 Å². The maximum Gasteiger partial charge on any atom is 0.252 e. The van der Waals surface area contributed by atoms with Crippen LogP contribution in [0.3, 0.4) is 0 Å². The largest absolute Gasteiger partial charge is 0.368 e. The quantitative estimate of drug-likeness (QED) is 0.747. The zero-order chi connectivity index (χ0) is 13.9. The fourth-order valence-corrected chi connectivity index (χ4v) is 3.34. The molecule has 3 fully saturated rings. The van der Waals surface area contributed by atoms with Gasteiger partial charge < -0.3 is 19.9 Å². The number of nitrogens with one attached hydrogen (secondary N) is 1. The lowest BCUT2D eigenvalue weighted by Gasteiger charge is -2.33. The third-order valence-electron chi connectivity index (χ3n) is 4.45. The zero-order valence-electron chi connectivity index (χ0n) is 11.8. The summed E-state index contributed by atoms with van der Waals surface area (Å²) < 4.78 is 5.47. The predicted octanol–water partition coefficient (Wildman–Crippen LogP) is -0.412. The second-order valence-electron chi connectivity index (χ2n) is 5.77. The standard InChI is InChI=1S/C14H23N3O3/c18-13(16-8-5-15-6-9-16)11-3-1-7-17(11)14(19)12-4-2-10-20-12/h11-12,15H,1-10H2. The van der Waals surface area contributed by atoms with Crippen LogP contribution in [-0.4, -0.2) is 73.1 Å². The number of rotatable bonds is 2. The Hall–Kier alpha value is -1.14. The normalized spacial score (nSPS) is 30.8. The van der Waals surface area contributed by atoms with Crippen LogP contribution in [0, 0.1) is 0 Å². The fraction of sp³-hybridized carbons (Fsp3) is 0.857. The summed E-state index contributed by atoms with van der Waals surface area (Å²) in [6, 6.07) is -0.259. The Bertz CT molecular complexity index is 376. The van der Waals surface area contributed by atoms with Crippen molar-refractivity contribution in [3.05, 3.63) is 0 Å². The van der Waals surface area contributed by atoms with Crippen molar-refractivity contribution in [3.8, 4) is 0 Å². The Morgan fingerprint density at radius 1 is 1.00 bits per heavy atom. The molecule has 6 nitrogen and oxygen atoms in total. The van der Waals surface area contributed by atoms with Crippen LogP contribution in [0.1, 0.15) is 25.7 Å². The molecule has 0 aliphatic carbocycles. The number of piperazine rings is 1. The summed E-state index contributed by atoms with van der Waals surface area (Å²) in [4.78, 5) is 28.7. The number of nitrogens with zero attached hydrogens (tertiary/aromatic N) is 2. The number of carbonyl (C=O) groups is 2. The minimum Gasteiger partial charge on any atom is -0.368 e. The van der Waals surface area contributed by atoms with E-state index in [9.17, 15) is 9.59 Å². The highest BCUT2D eigenvalue weighted by atomic mass is 16.5. The minimum absolute atomic E-state index is 0.0217. The molecule has 3 aliphatic heterocycles. The van der Waals surface area contributed by atoms with Crippen molar-refractivity contribution < 1.29 is 14.3 Å². The molecule has 0 aromatic carbocycles.